The van der Waals surface area contributed by atoms with Gasteiger partial charge in [0.05, 0.1) is 10.7 Å². The summed E-state index contributed by atoms with van der Waals surface area (Å²) in [6.45, 7) is 2.16. The predicted molar refractivity (Wildman–Crippen MR) is 66.0 cm³/mol. The summed E-state index contributed by atoms with van der Waals surface area (Å²) in [5.74, 6) is -0.0390. The minimum absolute atomic E-state index is 0.0453. The van der Waals surface area contributed by atoms with E-state index in [1.807, 2.05) is 0 Å². The van der Waals surface area contributed by atoms with Crippen LogP contribution in [0.15, 0.2) is 22.9 Å². The van der Waals surface area contributed by atoms with E-state index in [0.717, 1.165) is 6.07 Å². The molecule has 2 aromatic rings. The quantitative estimate of drug-likeness (QED) is 0.937. The number of alkyl halides is 3. The van der Waals surface area contributed by atoms with Gasteiger partial charge in [-0.1, -0.05) is 0 Å². The number of halogens is 4. The molecule has 0 bridgehead atoms. The van der Waals surface area contributed by atoms with Gasteiger partial charge in [0.1, 0.15) is 0 Å². The topological polar surface area (TPSA) is 55.6 Å². The van der Waals surface area contributed by atoms with Gasteiger partial charge in [0, 0.05) is 18.8 Å². The molecule has 0 aliphatic rings. The smallest absolute Gasteiger partial charge is 0.354 e. The van der Waals surface area contributed by atoms with Crippen LogP contribution < -0.4 is 5.32 Å². The number of hydrogen-bond acceptors (Lipinski definition) is 4. The molecule has 2 rings (SSSR count). The minimum atomic E-state index is -4.54. The van der Waals surface area contributed by atoms with E-state index >= 15 is 0 Å². The molecule has 2 heterocycles. The molecular formula is C10H9BrF3N5. The van der Waals surface area contributed by atoms with Crippen LogP contribution in [0.1, 0.15) is 12.6 Å². The standard InChI is InChI=1S/C10H9BrF3N5/c1-2-15-9-17-7(10(12,13)14)3-8(18-9)19-5-6(11)4-16-19/h3-5H,2H2,1H3,(H,15,17,18). The van der Waals surface area contributed by atoms with Gasteiger partial charge in [-0.05, 0) is 22.9 Å². The molecular weight excluding hydrogens is 327 g/mol. The van der Waals surface area contributed by atoms with Crippen molar-refractivity contribution < 1.29 is 13.2 Å². The Balaban J connectivity index is 2.51. The normalized spacial score (nSPS) is 11.6. The molecule has 0 saturated carbocycles. The highest BCUT2D eigenvalue weighted by Crippen LogP contribution is 2.29. The van der Waals surface area contributed by atoms with Crippen molar-refractivity contribution in [3.05, 3.63) is 28.6 Å². The van der Waals surface area contributed by atoms with Crippen molar-refractivity contribution in [3.8, 4) is 5.82 Å². The van der Waals surface area contributed by atoms with Gasteiger partial charge in [0.25, 0.3) is 0 Å². The van der Waals surface area contributed by atoms with Gasteiger partial charge >= 0.3 is 6.18 Å². The Labute approximate surface area is 115 Å². The second-order valence-corrected chi connectivity index (χ2v) is 4.48. The first-order valence-electron chi connectivity index (χ1n) is 5.31. The Kier molecular flexibility index (Phi) is 3.74. The van der Waals surface area contributed by atoms with E-state index in [1.165, 1.54) is 17.1 Å². The molecule has 0 amide bonds. The molecule has 0 fully saturated rings. The van der Waals surface area contributed by atoms with Crippen molar-refractivity contribution in [1.29, 1.82) is 0 Å². The molecule has 0 spiro atoms. The summed E-state index contributed by atoms with van der Waals surface area (Å²) in [5.41, 5.74) is -1.01. The van der Waals surface area contributed by atoms with Gasteiger partial charge in [-0.15, -0.1) is 0 Å². The second-order valence-electron chi connectivity index (χ2n) is 3.57. The van der Waals surface area contributed by atoms with Gasteiger partial charge in [0.2, 0.25) is 5.95 Å². The summed E-state index contributed by atoms with van der Waals surface area (Å²) in [6.07, 6.45) is -1.56. The van der Waals surface area contributed by atoms with E-state index in [1.54, 1.807) is 6.92 Å². The largest absolute Gasteiger partial charge is 0.433 e. The zero-order chi connectivity index (χ0) is 14.0. The Bertz CT molecular complexity index is 581. The molecule has 1 N–H and O–H groups in total. The number of rotatable bonds is 3. The van der Waals surface area contributed by atoms with Crippen LogP contribution in [0.2, 0.25) is 0 Å². The van der Waals surface area contributed by atoms with E-state index in [2.05, 4.69) is 36.3 Å². The maximum absolute atomic E-state index is 12.8. The van der Waals surface area contributed by atoms with Crippen molar-refractivity contribution in [2.24, 2.45) is 0 Å². The van der Waals surface area contributed by atoms with Crippen molar-refractivity contribution in [3.63, 3.8) is 0 Å². The summed E-state index contributed by atoms with van der Waals surface area (Å²) >= 11 is 3.17. The number of nitrogens with one attached hydrogen (secondary N) is 1. The van der Waals surface area contributed by atoms with Crippen molar-refractivity contribution >= 4 is 21.9 Å². The van der Waals surface area contributed by atoms with Crippen molar-refractivity contribution in [1.82, 2.24) is 19.7 Å². The van der Waals surface area contributed by atoms with E-state index in [0.29, 0.717) is 11.0 Å². The Morgan fingerprint density at radius 3 is 2.63 bits per heavy atom. The number of nitrogens with zero attached hydrogens (tertiary/aromatic N) is 4. The molecule has 0 saturated heterocycles. The molecule has 102 valence electrons. The van der Waals surface area contributed by atoms with Crippen LogP contribution >= 0.6 is 15.9 Å². The Morgan fingerprint density at radius 1 is 1.37 bits per heavy atom. The lowest BCUT2D eigenvalue weighted by Gasteiger charge is -2.10. The Morgan fingerprint density at radius 2 is 2.11 bits per heavy atom. The highest BCUT2D eigenvalue weighted by molar-refractivity contribution is 9.10. The van der Waals surface area contributed by atoms with Gasteiger partial charge in [-0.2, -0.15) is 23.3 Å². The van der Waals surface area contributed by atoms with Crippen LogP contribution in [-0.2, 0) is 6.18 Å². The van der Waals surface area contributed by atoms with Gasteiger partial charge in [-0.3, -0.25) is 0 Å². The van der Waals surface area contributed by atoms with E-state index < -0.39 is 11.9 Å². The molecule has 0 aliphatic carbocycles. The second kappa shape index (κ2) is 5.16. The number of hydrogen-bond donors (Lipinski definition) is 1. The highest BCUT2D eigenvalue weighted by atomic mass is 79.9. The zero-order valence-corrected chi connectivity index (χ0v) is 11.3. The van der Waals surface area contributed by atoms with E-state index in [-0.39, 0.29) is 11.8 Å². The first-order valence-corrected chi connectivity index (χ1v) is 6.10. The van der Waals surface area contributed by atoms with Crippen LogP contribution in [0.5, 0.6) is 0 Å². The average Bonchev–Trinajstić information content (AvgIpc) is 2.75. The van der Waals surface area contributed by atoms with Crippen molar-refractivity contribution in [2.75, 3.05) is 11.9 Å². The van der Waals surface area contributed by atoms with Crippen LogP contribution in [0.4, 0.5) is 19.1 Å². The molecule has 0 radical (unpaired) electrons. The summed E-state index contributed by atoms with van der Waals surface area (Å²) in [4.78, 5) is 7.40. The molecule has 5 nitrogen and oxygen atoms in total. The molecule has 9 heteroatoms. The van der Waals surface area contributed by atoms with Crippen LogP contribution in [0.3, 0.4) is 0 Å². The predicted octanol–water partition coefficient (Wildman–Crippen LogP) is 2.88. The molecule has 2 aromatic heterocycles. The molecule has 0 atom stereocenters. The first kappa shape index (κ1) is 13.8. The van der Waals surface area contributed by atoms with Crippen LogP contribution in [-0.4, -0.2) is 26.3 Å². The van der Waals surface area contributed by atoms with Gasteiger partial charge in [-0.25, -0.2) is 9.67 Å². The lowest BCUT2D eigenvalue weighted by molar-refractivity contribution is -0.141. The van der Waals surface area contributed by atoms with Crippen LogP contribution in [0.25, 0.3) is 5.82 Å². The first-order chi connectivity index (χ1) is 8.90. The number of aromatic nitrogens is 4. The molecule has 0 aliphatic heterocycles. The monoisotopic (exact) mass is 335 g/mol. The minimum Gasteiger partial charge on any atom is -0.354 e. The third kappa shape index (κ3) is 3.22. The molecule has 0 unspecified atom stereocenters. The fourth-order valence-corrected chi connectivity index (χ4v) is 1.65. The van der Waals surface area contributed by atoms with Gasteiger partial charge < -0.3 is 5.32 Å². The van der Waals surface area contributed by atoms with Crippen LogP contribution in [0, 0.1) is 0 Å². The number of anilines is 1. The SMILES string of the molecule is CCNc1nc(-n2cc(Br)cn2)cc(C(F)(F)F)n1. The zero-order valence-electron chi connectivity index (χ0n) is 9.74. The maximum Gasteiger partial charge on any atom is 0.433 e. The Hall–Kier alpha value is -1.64. The maximum atomic E-state index is 12.8. The fourth-order valence-electron chi connectivity index (χ4n) is 1.36. The van der Waals surface area contributed by atoms with Crippen molar-refractivity contribution in [2.45, 2.75) is 13.1 Å². The summed E-state index contributed by atoms with van der Waals surface area (Å²) < 4.78 is 40.1. The third-order valence-electron chi connectivity index (χ3n) is 2.12. The summed E-state index contributed by atoms with van der Waals surface area (Å²) in [6, 6.07) is 0.847. The lowest BCUT2D eigenvalue weighted by Crippen LogP contribution is -2.14. The lowest BCUT2D eigenvalue weighted by atomic mass is 10.4. The summed E-state index contributed by atoms with van der Waals surface area (Å²) in [5, 5.41) is 6.56. The highest BCUT2D eigenvalue weighted by Gasteiger charge is 2.34. The van der Waals surface area contributed by atoms with Gasteiger partial charge in [0.15, 0.2) is 11.5 Å². The molecule has 19 heavy (non-hydrogen) atoms. The van der Waals surface area contributed by atoms with E-state index in [9.17, 15) is 13.2 Å². The molecule has 0 aromatic carbocycles. The average molecular weight is 336 g/mol. The summed E-state index contributed by atoms with van der Waals surface area (Å²) in [7, 11) is 0. The fraction of sp³-hybridized carbons (Fsp3) is 0.300. The van der Waals surface area contributed by atoms with E-state index in [4.69, 9.17) is 0 Å². The third-order valence-corrected chi connectivity index (χ3v) is 2.53.